The van der Waals surface area contributed by atoms with Crippen molar-refractivity contribution in [3.05, 3.63) is 317 Å². The molecule has 13 aromatic rings. The van der Waals surface area contributed by atoms with Crippen LogP contribution >= 0.6 is 0 Å². The van der Waals surface area contributed by atoms with Gasteiger partial charge in [-0.3, -0.25) is 20.3 Å². The first-order valence-corrected chi connectivity index (χ1v) is 44.5. The maximum atomic E-state index is 5.42. The molecule has 7 fully saturated rings. The van der Waals surface area contributed by atoms with Gasteiger partial charge in [-0.1, -0.05) is 194 Å². The van der Waals surface area contributed by atoms with Crippen LogP contribution in [0, 0.1) is 30.6 Å². The average Bonchev–Trinajstić information content (AvgIpc) is 1.49. The molecule has 27 rings (SSSR count). The summed E-state index contributed by atoms with van der Waals surface area (Å²) >= 11 is 0. The van der Waals surface area contributed by atoms with Crippen LogP contribution in [0.4, 0.5) is 5.69 Å². The molecular formula is C104H94B2N10. The Balaban J connectivity index is 0.616. The Morgan fingerprint density at radius 1 is 0.517 bits per heavy atom. The molecule has 6 aliphatic carbocycles. The maximum absolute atomic E-state index is 5.42. The van der Waals surface area contributed by atoms with E-state index in [0.717, 1.165) is 49.6 Å². The third kappa shape index (κ3) is 9.05. The first-order valence-electron chi connectivity index (χ1n) is 44.5. The Hall–Kier alpha value is -10.8. The van der Waals surface area contributed by atoms with E-state index in [1.54, 1.807) is 17.1 Å². The minimum absolute atomic E-state index is 0.0780. The molecular weight excluding hydrogens is 1410 g/mol. The predicted molar refractivity (Wildman–Crippen MR) is 470 cm³/mol. The number of hydrogen-bond acceptors (Lipinski definition) is 8. The molecule has 13 heterocycles. The van der Waals surface area contributed by atoms with E-state index < -0.39 is 0 Å². The van der Waals surface area contributed by atoms with Crippen molar-refractivity contribution >= 4 is 57.3 Å². The number of fused-ring (bicyclic) bond motifs is 24. The van der Waals surface area contributed by atoms with Crippen LogP contribution in [-0.4, -0.2) is 96.8 Å². The van der Waals surface area contributed by atoms with Crippen molar-refractivity contribution in [1.29, 1.82) is 0 Å². The lowest BCUT2D eigenvalue weighted by atomic mass is 9.18. The van der Waals surface area contributed by atoms with Gasteiger partial charge in [-0.05, 0) is 241 Å². The molecule has 5 aromatic heterocycles. The van der Waals surface area contributed by atoms with E-state index in [-0.39, 0.29) is 18.8 Å². The lowest BCUT2D eigenvalue weighted by molar-refractivity contribution is 0.00983. The first kappa shape index (κ1) is 66.4. The molecule has 2 N–H and O–H groups in total. The van der Waals surface area contributed by atoms with E-state index in [0.29, 0.717) is 83.2 Å². The van der Waals surface area contributed by atoms with Crippen LogP contribution in [0.25, 0.3) is 77.9 Å². The summed E-state index contributed by atoms with van der Waals surface area (Å²) in [4.78, 5) is 25.5. The zero-order chi connectivity index (χ0) is 75.4. The van der Waals surface area contributed by atoms with Gasteiger partial charge in [0.15, 0.2) is 6.71 Å². The van der Waals surface area contributed by atoms with E-state index >= 15 is 0 Å². The summed E-state index contributed by atoms with van der Waals surface area (Å²) in [5.41, 5.74) is 36.5. The third-order valence-corrected chi connectivity index (χ3v) is 32.6. The second-order valence-electron chi connectivity index (χ2n) is 37.4. The summed E-state index contributed by atoms with van der Waals surface area (Å²) in [6.45, 7) is 5.23. The molecule has 116 heavy (non-hydrogen) atoms. The molecule has 0 spiro atoms. The Labute approximate surface area is 680 Å². The van der Waals surface area contributed by atoms with Crippen molar-refractivity contribution in [3.8, 4) is 56.1 Å². The number of piperidine rings is 2. The normalized spacial score (nSPS) is 28.8. The number of benzene rings is 8. The molecule has 0 bridgehead atoms. The lowest BCUT2D eigenvalue weighted by Gasteiger charge is -2.68. The van der Waals surface area contributed by atoms with Gasteiger partial charge < -0.3 is 29.2 Å². The van der Waals surface area contributed by atoms with Gasteiger partial charge in [-0.2, -0.15) is 0 Å². The van der Waals surface area contributed by atoms with Crippen LogP contribution in [0.2, 0.25) is 17.5 Å². The Morgan fingerprint density at radius 2 is 1.28 bits per heavy atom. The van der Waals surface area contributed by atoms with Crippen LogP contribution in [-0.2, 0) is 12.8 Å². The number of para-hydroxylation sites is 3. The zero-order valence-corrected chi connectivity index (χ0v) is 66.0. The smallest absolute Gasteiger partial charge is 0.247 e. The molecule has 3 saturated carbocycles. The van der Waals surface area contributed by atoms with Gasteiger partial charge in [0, 0.05) is 152 Å². The van der Waals surface area contributed by atoms with E-state index in [1.165, 1.54) is 199 Å². The van der Waals surface area contributed by atoms with E-state index in [4.69, 9.17) is 15.0 Å². The molecule has 0 amide bonds. The number of aryl methyl sites for hydroxylation is 1. The largest absolute Gasteiger partial charge is 0.367 e. The SMILES string of the molecule is Cc1cc(-c2ccccn2)cc2c1B(c1ccnc3c1Cc1c-3c3ccccc3n1-c1ccccc1)c1cccc3c4c(n-2c13)C(c1ccccc1)Cc1ccc(-c2cccc(N3C5=C(C6CCCNC63)C3CCCC6B7C8CCNC9C%10=C(C(c%11ccccc%11)C%11CCCCC%10%11)N(C%10CC(c%11ccccn%11)CC(C7%10)N5C63)C89)c2)cc1-4. The highest BCUT2D eigenvalue weighted by atomic mass is 15.5. The van der Waals surface area contributed by atoms with Crippen molar-refractivity contribution in [1.82, 2.24) is 44.5 Å². The van der Waals surface area contributed by atoms with Gasteiger partial charge in [0.2, 0.25) is 6.71 Å². The van der Waals surface area contributed by atoms with Gasteiger partial charge >= 0.3 is 0 Å². The molecule has 4 saturated heterocycles. The molecule has 12 heteroatoms. The van der Waals surface area contributed by atoms with Gasteiger partial charge in [-0.25, -0.2) is 0 Å². The highest BCUT2D eigenvalue weighted by molar-refractivity contribution is 6.98. The zero-order valence-electron chi connectivity index (χ0n) is 66.0. The van der Waals surface area contributed by atoms with Crippen LogP contribution in [0.15, 0.2) is 272 Å². The number of allylic oxidation sites excluding steroid dienone is 1. The molecule has 8 aliphatic heterocycles. The summed E-state index contributed by atoms with van der Waals surface area (Å²) in [5, 5.41) is 11.3. The number of aromatic nitrogens is 5. The maximum Gasteiger partial charge on any atom is 0.247 e. The summed E-state index contributed by atoms with van der Waals surface area (Å²) in [6.07, 6.45) is 23.7. The van der Waals surface area contributed by atoms with Crippen molar-refractivity contribution < 1.29 is 0 Å². The molecule has 14 aliphatic rings. The van der Waals surface area contributed by atoms with Gasteiger partial charge in [0.25, 0.3) is 0 Å². The van der Waals surface area contributed by atoms with E-state index in [2.05, 4.69) is 278 Å². The minimum atomic E-state index is -0.0780. The number of anilines is 1. The van der Waals surface area contributed by atoms with Crippen molar-refractivity contribution in [2.45, 2.75) is 168 Å². The monoisotopic (exact) mass is 1500 g/mol. The summed E-state index contributed by atoms with van der Waals surface area (Å²) in [7, 11) is 0. The topological polar surface area (TPSA) is 82.3 Å². The third-order valence-electron chi connectivity index (χ3n) is 32.6. The summed E-state index contributed by atoms with van der Waals surface area (Å²) in [5.74, 6) is 6.95. The predicted octanol–water partition coefficient (Wildman–Crippen LogP) is 18.9. The van der Waals surface area contributed by atoms with Crippen molar-refractivity contribution in [2.75, 3.05) is 18.0 Å². The number of hydrogen-bond donors (Lipinski definition) is 2. The molecule has 0 radical (unpaired) electrons. The highest BCUT2D eigenvalue weighted by Crippen LogP contribution is 2.72. The second kappa shape index (κ2) is 25.1. The quantitative estimate of drug-likeness (QED) is 0.146. The van der Waals surface area contributed by atoms with Crippen LogP contribution in [0.3, 0.4) is 0 Å². The fraction of sp³-hybridized carbons (Fsp3) is 0.317. The average molecular weight is 1510 g/mol. The van der Waals surface area contributed by atoms with Gasteiger partial charge in [0.1, 0.15) is 5.82 Å². The van der Waals surface area contributed by atoms with Crippen LogP contribution in [0.5, 0.6) is 0 Å². The fourth-order valence-corrected chi connectivity index (χ4v) is 29.0. The second-order valence-corrected chi connectivity index (χ2v) is 37.4. The minimum Gasteiger partial charge on any atom is -0.367 e. The number of pyridine rings is 3. The van der Waals surface area contributed by atoms with Gasteiger partial charge in [0.05, 0.1) is 29.1 Å². The van der Waals surface area contributed by atoms with Crippen LogP contribution in [0.1, 0.15) is 140 Å². The summed E-state index contributed by atoms with van der Waals surface area (Å²) in [6, 6.07) is 91.5. The Bertz CT molecular complexity index is 6330. The van der Waals surface area contributed by atoms with Gasteiger partial charge in [-0.15, -0.1) is 0 Å². The number of nitrogens with zero attached hydrogens (tertiary/aromatic N) is 8. The fourth-order valence-electron chi connectivity index (χ4n) is 29.0. The highest BCUT2D eigenvalue weighted by Gasteiger charge is 2.72. The molecule has 16 unspecified atom stereocenters. The summed E-state index contributed by atoms with van der Waals surface area (Å²) < 4.78 is 5.28. The Morgan fingerprint density at radius 3 is 2.14 bits per heavy atom. The van der Waals surface area contributed by atoms with E-state index in [9.17, 15) is 0 Å². The molecule has 566 valence electrons. The number of rotatable bonds is 8. The van der Waals surface area contributed by atoms with Crippen molar-refractivity contribution in [3.63, 3.8) is 0 Å². The standard InChI is InChI=1S/C104H94B2N10/c1-59-51-65(82-39-15-17-46-107-82)55-86-94(59)105(78-44-49-109-96-77(78)58-85-92(96)71-33-13-14-41-84(71)112(85)67-28-9-4-10-29-67)79-37-20-34-72-90-75-53-63(42-43-64(75)54-76(60-23-5-2-6-24-60)100(90)114(86)98(72)79)62-27-19-30-68(52-62)113-103-74(36-22-48-111-103)91-73-35-21-38-80-99(73)116(104(91)113)88-57-66(83-40-16-18-47-108-83)56-87-95(88)106(80)81-45-50-110-97-93-70-32-12-11-31-69(70)89(61-25-7-3-8-26-61)102(93)115(87)101(81)97/h2-10,13-20,23-30,33-34,37,39-44,46-47,49,51-53,55,66,69-70,73-74,76,80-81,87-89,95,97,99,101,103,110-111H,11-12,21-22,31-32,35-36,38,45,48,50,54,56-58H2,1H3. The molecule has 16 atom stereocenters. The van der Waals surface area contributed by atoms with Crippen LogP contribution < -0.4 is 31.9 Å². The number of nitrogens with one attached hydrogen (secondary N) is 2. The Kier molecular flexibility index (Phi) is 14.4. The lowest BCUT2D eigenvalue weighted by Crippen LogP contribution is -2.74. The molecule has 10 nitrogen and oxygen atoms in total. The van der Waals surface area contributed by atoms with Crippen molar-refractivity contribution in [2.24, 2.45) is 23.7 Å². The molecule has 8 aromatic carbocycles. The first-order chi connectivity index (χ1) is 57.5. The van der Waals surface area contributed by atoms with E-state index in [1.807, 2.05) is 23.4 Å².